The summed E-state index contributed by atoms with van der Waals surface area (Å²) in [6.45, 7) is -0.200. The molecule has 0 spiro atoms. The van der Waals surface area contributed by atoms with Crippen LogP contribution in [0.15, 0.2) is 42.5 Å². The van der Waals surface area contributed by atoms with Gasteiger partial charge in [-0.25, -0.2) is 0 Å². The number of hydrogen-bond acceptors (Lipinski definition) is 5. The van der Waals surface area contributed by atoms with Crippen molar-refractivity contribution in [3.63, 3.8) is 0 Å². The molecule has 0 aromatic heterocycles. The Kier molecular flexibility index (Phi) is 4.30. The van der Waals surface area contributed by atoms with Crippen molar-refractivity contribution < 1.29 is 20.1 Å². The quantitative estimate of drug-likeness (QED) is 0.635. The maximum absolute atomic E-state index is 12.5. The van der Waals surface area contributed by atoms with Crippen molar-refractivity contribution in [2.24, 2.45) is 0 Å². The number of amides is 1. The second kappa shape index (κ2) is 6.15. The molecule has 0 bridgehead atoms. The van der Waals surface area contributed by atoms with Crippen LogP contribution >= 0.6 is 0 Å². The molecule has 0 fully saturated rings. The molecule has 21 heavy (non-hydrogen) atoms. The number of aliphatic hydroxyl groups is 1. The van der Waals surface area contributed by atoms with Crippen LogP contribution in [0.1, 0.15) is 10.4 Å². The number of para-hydroxylation sites is 2. The van der Waals surface area contributed by atoms with Gasteiger partial charge >= 0.3 is 0 Å². The highest BCUT2D eigenvalue weighted by atomic mass is 16.3. The van der Waals surface area contributed by atoms with Gasteiger partial charge in [0, 0.05) is 18.2 Å². The van der Waals surface area contributed by atoms with Gasteiger partial charge < -0.3 is 26.0 Å². The molecule has 0 radical (unpaired) electrons. The molecule has 6 heteroatoms. The highest BCUT2D eigenvalue weighted by Crippen LogP contribution is 2.26. The number of benzene rings is 2. The normalized spacial score (nSPS) is 10.3. The second-order valence-corrected chi connectivity index (χ2v) is 4.48. The number of aliphatic hydroxyl groups excluding tert-OH is 1. The topological polar surface area (TPSA) is 107 Å². The molecule has 0 atom stereocenters. The third-order valence-corrected chi connectivity index (χ3v) is 2.95. The maximum Gasteiger partial charge on any atom is 0.258 e. The van der Waals surface area contributed by atoms with Gasteiger partial charge in [-0.15, -0.1) is 0 Å². The van der Waals surface area contributed by atoms with E-state index >= 15 is 0 Å². The molecule has 0 aliphatic rings. The van der Waals surface area contributed by atoms with Crippen LogP contribution in [0.25, 0.3) is 0 Å². The fourth-order valence-electron chi connectivity index (χ4n) is 2.04. The van der Waals surface area contributed by atoms with E-state index in [0.29, 0.717) is 11.4 Å². The highest BCUT2D eigenvalue weighted by molar-refractivity contribution is 6.08. The van der Waals surface area contributed by atoms with Crippen LogP contribution in [-0.2, 0) is 0 Å². The number of nitrogens with zero attached hydrogens (tertiary/aromatic N) is 1. The summed E-state index contributed by atoms with van der Waals surface area (Å²) < 4.78 is 0. The fraction of sp³-hybridized carbons (Fsp3) is 0.133. The van der Waals surface area contributed by atoms with Gasteiger partial charge in [-0.3, -0.25) is 4.79 Å². The monoisotopic (exact) mass is 288 g/mol. The zero-order chi connectivity index (χ0) is 15.4. The van der Waals surface area contributed by atoms with Gasteiger partial charge in [0.15, 0.2) is 0 Å². The molecule has 1 amide bonds. The van der Waals surface area contributed by atoms with Crippen molar-refractivity contribution in [2.45, 2.75) is 0 Å². The molecule has 6 nitrogen and oxygen atoms in total. The van der Waals surface area contributed by atoms with Gasteiger partial charge in [0.1, 0.15) is 11.5 Å². The Balaban J connectivity index is 2.42. The standard InChI is InChI=1S/C15H16N2O4/c16-13-3-1-2-4-14(13)17(5-6-18)15(21)10-7-11(19)9-12(20)8-10/h1-4,7-9,18-20H,5-6,16H2. The van der Waals surface area contributed by atoms with E-state index in [0.717, 1.165) is 6.07 Å². The molecule has 2 aromatic rings. The molecule has 5 N–H and O–H groups in total. The number of rotatable bonds is 4. The molecule has 110 valence electrons. The maximum atomic E-state index is 12.5. The van der Waals surface area contributed by atoms with Crippen molar-refractivity contribution in [3.8, 4) is 11.5 Å². The minimum absolute atomic E-state index is 0.0451. The van der Waals surface area contributed by atoms with E-state index in [-0.39, 0.29) is 30.2 Å². The van der Waals surface area contributed by atoms with E-state index in [1.807, 2.05) is 0 Å². The van der Waals surface area contributed by atoms with Crippen LogP contribution in [0.3, 0.4) is 0 Å². The Hall–Kier alpha value is -2.73. The van der Waals surface area contributed by atoms with Crippen LogP contribution in [-0.4, -0.2) is 34.4 Å². The smallest absolute Gasteiger partial charge is 0.258 e. The van der Waals surface area contributed by atoms with Crippen LogP contribution in [0.5, 0.6) is 11.5 Å². The van der Waals surface area contributed by atoms with Gasteiger partial charge in [-0.1, -0.05) is 12.1 Å². The average Bonchev–Trinajstić information content (AvgIpc) is 2.44. The van der Waals surface area contributed by atoms with E-state index in [1.54, 1.807) is 24.3 Å². The van der Waals surface area contributed by atoms with Crippen LogP contribution in [0.2, 0.25) is 0 Å². The van der Waals surface area contributed by atoms with Crippen molar-refractivity contribution in [3.05, 3.63) is 48.0 Å². The van der Waals surface area contributed by atoms with Crippen LogP contribution < -0.4 is 10.6 Å². The first kappa shape index (κ1) is 14.7. The number of phenolic OH excluding ortho intramolecular Hbond substituents is 2. The first-order valence-corrected chi connectivity index (χ1v) is 6.33. The number of carbonyl (C=O) groups is 1. The molecular formula is C15H16N2O4. The number of phenols is 2. The summed E-state index contributed by atoms with van der Waals surface area (Å²) in [5, 5.41) is 28.1. The lowest BCUT2D eigenvalue weighted by molar-refractivity contribution is 0.0980. The first-order valence-electron chi connectivity index (χ1n) is 6.33. The van der Waals surface area contributed by atoms with E-state index in [1.165, 1.54) is 17.0 Å². The lowest BCUT2D eigenvalue weighted by atomic mass is 10.1. The molecular weight excluding hydrogens is 272 g/mol. The number of nitrogen functional groups attached to an aromatic ring is 1. The summed E-state index contributed by atoms with van der Waals surface area (Å²) in [4.78, 5) is 13.8. The molecule has 0 aliphatic carbocycles. The Morgan fingerprint density at radius 3 is 2.29 bits per heavy atom. The van der Waals surface area contributed by atoms with Gasteiger partial charge in [0.2, 0.25) is 0 Å². The minimum atomic E-state index is -0.479. The highest BCUT2D eigenvalue weighted by Gasteiger charge is 2.20. The van der Waals surface area contributed by atoms with Crippen molar-refractivity contribution in [1.29, 1.82) is 0 Å². The SMILES string of the molecule is Nc1ccccc1N(CCO)C(=O)c1cc(O)cc(O)c1. The van der Waals surface area contributed by atoms with Gasteiger partial charge in [-0.2, -0.15) is 0 Å². The van der Waals surface area contributed by atoms with Crippen LogP contribution in [0.4, 0.5) is 11.4 Å². The predicted molar refractivity (Wildman–Crippen MR) is 79.4 cm³/mol. The lowest BCUT2D eigenvalue weighted by Gasteiger charge is -2.23. The lowest BCUT2D eigenvalue weighted by Crippen LogP contribution is -2.34. The summed E-state index contributed by atoms with van der Waals surface area (Å²) in [6, 6.07) is 10.4. The summed E-state index contributed by atoms with van der Waals surface area (Å²) >= 11 is 0. The molecule has 2 rings (SSSR count). The molecule has 0 saturated carbocycles. The Labute approximate surface area is 121 Å². The summed E-state index contributed by atoms with van der Waals surface area (Å²) in [5.41, 5.74) is 6.80. The summed E-state index contributed by atoms with van der Waals surface area (Å²) in [6.07, 6.45) is 0. The predicted octanol–water partition coefficient (Wildman–Crippen LogP) is 1.32. The van der Waals surface area contributed by atoms with Gasteiger partial charge in [-0.05, 0) is 24.3 Å². The third kappa shape index (κ3) is 3.24. The number of anilines is 2. The number of aromatic hydroxyl groups is 2. The molecule has 0 saturated heterocycles. The fourth-order valence-corrected chi connectivity index (χ4v) is 2.04. The van der Waals surface area contributed by atoms with E-state index in [4.69, 9.17) is 10.8 Å². The van der Waals surface area contributed by atoms with Crippen molar-refractivity contribution >= 4 is 17.3 Å². The first-order chi connectivity index (χ1) is 10.0. The van der Waals surface area contributed by atoms with E-state index < -0.39 is 5.91 Å². The minimum Gasteiger partial charge on any atom is -0.508 e. The largest absolute Gasteiger partial charge is 0.508 e. The molecule has 2 aromatic carbocycles. The third-order valence-electron chi connectivity index (χ3n) is 2.95. The van der Waals surface area contributed by atoms with Gasteiger partial charge in [0.25, 0.3) is 5.91 Å². The van der Waals surface area contributed by atoms with Crippen molar-refractivity contribution in [1.82, 2.24) is 0 Å². The van der Waals surface area contributed by atoms with Crippen LogP contribution in [0, 0.1) is 0 Å². The van der Waals surface area contributed by atoms with Crippen molar-refractivity contribution in [2.75, 3.05) is 23.8 Å². The molecule has 0 unspecified atom stereocenters. The van der Waals surface area contributed by atoms with Gasteiger partial charge in [0.05, 0.1) is 18.0 Å². The number of nitrogens with two attached hydrogens (primary N) is 1. The second-order valence-electron chi connectivity index (χ2n) is 4.48. The Morgan fingerprint density at radius 1 is 1.10 bits per heavy atom. The molecule has 0 aliphatic heterocycles. The Bertz CT molecular complexity index is 638. The molecule has 0 heterocycles. The van der Waals surface area contributed by atoms with E-state index in [2.05, 4.69) is 0 Å². The van der Waals surface area contributed by atoms with E-state index in [9.17, 15) is 15.0 Å². The summed E-state index contributed by atoms with van der Waals surface area (Å²) in [5.74, 6) is -0.917. The number of carbonyl (C=O) groups excluding carboxylic acids is 1. The zero-order valence-corrected chi connectivity index (χ0v) is 11.2. The number of hydrogen-bond donors (Lipinski definition) is 4. The zero-order valence-electron chi connectivity index (χ0n) is 11.2. The summed E-state index contributed by atoms with van der Waals surface area (Å²) in [7, 11) is 0. The average molecular weight is 288 g/mol. The Morgan fingerprint density at radius 2 is 1.71 bits per heavy atom.